The monoisotopic (exact) mass is 459 g/mol. The molecule has 0 aliphatic rings. The number of aliphatic carboxylic acids is 3. The summed E-state index contributed by atoms with van der Waals surface area (Å²) < 4.78 is 0. The number of rotatable bonds is 10. The fourth-order valence-electron chi connectivity index (χ4n) is 2.23. The zero-order valence-electron chi connectivity index (χ0n) is 15.6. The van der Waals surface area contributed by atoms with Gasteiger partial charge >= 0.3 is 17.9 Å². The standard InChI is InChI=1S/C15H16ClNO2S.C4H6O6/c16-13-6-2-1-4-11(13)10-14(15(18)19)17-8-7-12-5-3-9-20-12;5-1(3(7)8)2(6)4(9)10/h1-6,9,14,17H,7-8,10H2,(H,18,19);1-2,5-6H,(H,7,8)(H,9,10)/t14-;/m0./s1. The number of halogens is 1. The molecule has 1 heterocycles. The van der Waals surface area contributed by atoms with Crippen LogP contribution in [0.3, 0.4) is 0 Å². The minimum absolute atomic E-state index is 0.388. The van der Waals surface area contributed by atoms with Crippen molar-refractivity contribution in [3.05, 3.63) is 57.2 Å². The molecule has 0 spiro atoms. The van der Waals surface area contributed by atoms with Gasteiger partial charge in [-0.15, -0.1) is 11.3 Å². The van der Waals surface area contributed by atoms with Crippen LogP contribution in [0.1, 0.15) is 10.4 Å². The highest BCUT2D eigenvalue weighted by Gasteiger charge is 2.29. The van der Waals surface area contributed by atoms with Crippen molar-refractivity contribution < 1.29 is 39.9 Å². The zero-order chi connectivity index (χ0) is 22.7. The maximum Gasteiger partial charge on any atom is 0.335 e. The van der Waals surface area contributed by atoms with E-state index >= 15 is 0 Å². The number of hydrogen-bond donors (Lipinski definition) is 6. The highest BCUT2D eigenvalue weighted by molar-refractivity contribution is 7.09. The fourth-order valence-corrected chi connectivity index (χ4v) is 3.15. The maximum atomic E-state index is 11.3. The Balaban J connectivity index is 0.000000382. The minimum atomic E-state index is -2.27. The van der Waals surface area contributed by atoms with Gasteiger partial charge in [-0.1, -0.05) is 35.9 Å². The average molecular weight is 460 g/mol. The molecule has 164 valence electrons. The Morgan fingerprint density at radius 1 is 0.933 bits per heavy atom. The van der Waals surface area contributed by atoms with Crippen LogP contribution >= 0.6 is 22.9 Å². The van der Waals surface area contributed by atoms with Gasteiger partial charge in [-0.25, -0.2) is 9.59 Å². The van der Waals surface area contributed by atoms with Crippen LogP contribution in [0, 0.1) is 0 Å². The van der Waals surface area contributed by atoms with Gasteiger partial charge in [-0.2, -0.15) is 0 Å². The Hall–Kier alpha value is -2.50. The molecule has 0 radical (unpaired) electrons. The SMILES string of the molecule is O=C(O)C(O)C(O)C(=O)O.O=C(O)[C@H](Cc1ccccc1Cl)NCCc1cccs1. The Morgan fingerprint density at radius 2 is 1.53 bits per heavy atom. The molecule has 0 aliphatic carbocycles. The van der Waals surface area contributed by atoms with Crippen molar-refractivity contribution in [2.45, 2.75) is 31.1 Å². The average Bonchev–Trinajstić information content (AvgIpc) is 3.21. The van der Waals surface area contributed by atoms with Crippen LogP contribution in [-0.4, -0.2) is 68.2 Å². The van der Waals surface area contributed by atoms with Crippen molar-refractivity contribution in [3.63, 3.8) is 0 Å². The largest absolute Gasteiger partial charge is 0.480 e. The van der Waals surface area contributed by atoms with E-state index in [-0.39, 0.29) is 0 Å². The molecular formula is C19H22ClNO8S. The van der Waals surface area contributed by atoms with Gasteiger partial charge in [0.05, 0.1) is 0 Å². The highest BCUT2D eigenvalue weighted by Crippen LogP contribution is 2.17. The second kappa shape index (κ2) is 12.9. The first-order chi connectivity index (χ1) is 14.1. The predicted molar refractivity (Wildman–Crippen MR) is 110 cm³/mol. The van der Waals surface area contributed by atoms with Crippen molar-refractivity contribution in [2.24, 2.45) is 0 Å². The van der Waals surface area contributed by atoms with E-state index in [9.17, 15) is 19.5 Å². The molecule has 0 bridgehead atoms. The van der Waals surface area contributed by atoms with Gasteiger partial charge in [0.2, 0.25) is 0 Å². The van der Waals surface area contributed by atoms with Crippen molar-refractivity contribution in [1.29, 1.82) is 0 Å². The van der Waals surface area contributed by atoms with E-state index in [0.29, 0.717) is 18.0 Å². The van der Waals surface area contributed by atoms with Gasteiger partial charge in [-0.3, -0.25) is 4.79 Å². The van der Waals surface area contributed by atoms with Gasteiger partial charge < -0.3 is 30.8 Å². The summed E-state index contributed by atoms with van der Waals surface area (Å²) in [5, 5.41) is 47.5. The molecule has 0 aliphatic heterocycles. The van der Waals surface area contributed by atoms with Gasteiger partial charge in [0.25, 0.3) is 0 Å². The molecule has 6 N–H and O–H groups in total. The second-order valence-corrected chi connectivity index (χ2v) is 7.48. The molecule has 0 fully saturated rings. The lowest BCUT2D eigenvalue weighted by molar-refractivity contribution is -0.165. The van der Waals surface area contributed by atoms with Crippen molar-refractivity contribution in [1.82, 2.24) is 5.32 Å². The number of nitrogens with one attached hydrogen (secondary N) is 1. The lowest BCUT2D eigenvalue weighted by Crippen LogP contribution is -2.39. The number of hydrogen-bond acceptors (Lipinski definition) is 7. The Labute approximate surface area is 181 Å². The first kappa shape index (κ1) is 25.5. The predicted octanol–water partition coefficient (Wildman–Crippen LogP) is 1.11. The fraction of sp³-hybridized carbons (Fsp3) is 0.316. The van der Waals surface area contributed by atoms with Crippen LogP contribution in [0.5, 0.6) is 0 Å². The summed E-state index contributed by atoms with van der Waals surface area (Å²) >= 11 is 7.75. The third-order valence-electron chi connectivity index (χ3n) is 3.83. The summed E-state index contributed by atoms with van der Waals surface area (Å²) in [6.07, 6.45) is -3.31. The first-order valence-corrected chi connectivity index (χ1v) is 9.93. The van der Waals surface area contributed by atoms with Crippen LogP contribution in [0.4, 0.5) is 0 Å². The quantitative estimate of drug-likeness (QED) is 0.305. The lowest BCUT2D eigenvalue weighted by Gasteiger charge is -2.15. The molecule has 3 atom stereocenters. The molecule has 0 amide bonds. The van der Waals surface area contributed by atoms with E-state index in [2.05, 4.69) is 11.4 Å². The topological polar surface area (TPSA) is 164 Å². The summed E-state index contributed by atoms with van der Waals surface area (Å²) in [7, 11) is 0. The third-order valence-corrected chi connectivity index (χ3v) is 5.13. The molecule has 1 aromatic carbocycles. The van der Waals surface area contributed by atoms with Crippen molar-refractivity contribution in [2.75, 3.05) is 6.54 Å². The molecule has 2 aromatic rings. The zero-order valence-corrected chi connectivity index (χ0v) is 17.2. The van der Waals surface area contributed by atoms with Crippen LogP contribution in [0.2, 0.25) is 5.02 Å². The van der Waals surface area contributed by atoms with Crippen LogP contribution in [0.25, 0.3) is 0 Å². The molecule has 2 unspecified atom stereocenters. The summed E-state index contributed by atoms with van der Waals surface area (Å²) in [4.78, 5) is 32.1. The van der Waals surface area contributed by atoms with E-state index < -0.39 is 36.2 Å². The Bertz CT molecular complexity index is 812. The van der Waals surface area contributed by atoms with Gasteiger partial charge in [0.15, 0.2) is 12.2 Å². The van der Waals surface area contributed by atoms with E-state index in [1.165, 1.54) is 4.88 Å². The number of aliphatic hydroxyl groups is 2. The van der Waals surface area contributed by atoms with Gasteiger partial charge in [-0.05, 0) is 35.9 Å². The minimum Gasteiger partial charge on any atom is -0.480 e. The van der Waals surface area contributed by atoms with E-state index in [1.54, 1.807) is 17.4 Å². The summed E-state index contributed by atoms with van der Waals surface area (Å²) in [6, 6.07) is 10.8. The van der Waals surface area contributed by atoms with E-state index in [0.717, 1.165) is 12.0 Å². The smallest absolute Gasteiger partial charge is 0.335 e. The first-order valence-electron chi connectivity index (χ1n) is 8.67. The summed E-state index contributed by atoms with van der Waals surface area (Å²) in [6.45, 7) is 0.641. The van der Waals surface area contributed by atoms with Crippen LogP contribution < -0.4 is 5.32 Å². The van der Waals surface area contributed by atoms with E-state index in [1.807, 2.05) is 29.6 Å². The van der Waals surface area contributed by atoms with Crippen LogP contribution in [0.15, 0.2) is 41.8 Å². The lowest BCUT2D eigenvalue weighted by atomic mass is 10.1. The Morgan fingerprint density at radius 3 is 2.00 bits per heavy atom. The molecule has 9 nitrogen and oxygen atoms in total. The molecular weight excluding hydrogens is 438 g/mol. The summed E-state index contributed by atoms with van der Waals surface area (Å²) in [5.41, 5.74) is 0.852. The molecule has 0 saturated heterocycles. The molecule has 1 aromatic heterocycles. The number of aliphatic hydroxyl groups excluding tert-OH is 2. The number of carboxylic acid groups (broad SMARTS) is 3. The van der Waals surface area contributed by atoms with Gasteiger partial charge in [0, 0.05) is 16.4 Å². The molecule has 30 heavy (non-hydrogen) atoms. The molecule has 11 heteroatoms. The maximum absolute atomic E-state index is 11.3. The Kier molecular flexibility index (Phi) is 11.0. The molecule has 0 saturated carbocycles. The molecule has 2 rings (SSSR count). The van der Waals surface area contributed by atoms with Crippen LogP contribution in [-0.2, 0) is 27.2 Å². The van der Waals surface area contributed by atoms with Crippen molar-refractivity contribution in [3.8, 4) is 0 Å². The number of thiophene rings is 1. The highest BCUT2D eigenvalue weighted by atomic mass is 35.5. The van der Waals surface area contributed by atoms with Gasteiger partial charge in [0.1, 0.15) is 6.04 Å². The third kappa shape index (κ3) is 8.89. The number of benzene rings is 1. The number of carbonyl (C=O) groups is 3. The second-order valence-electron chi connectivity index (χ2n) is 6.04. The van der Waals surface area contributed by atoms with E-state index in [4.69, 9.17) is 32.0 Å². The normalized spacial score (nSPS) is 13.4. The number of carboxylic acids is 3. The summed E-state index contributed by atoms with van der Waals surface area (Å²) in [5.74, 6) is -4.39. The van der Waals surface area contributed by atoms with Crippen molar-refractivity contribution >= 4 is 40.8 Å².